The smallest absolute Gasteiger partial charge is 0.336 e. The molecule has 0 bridgehead atoms. The molecule has 0 spiro atoms. The number of aromatic carboxylic acids is 1. The SMILES string of the molecule is CCOc1cccc(-c2cc(F)c(-c3cc(C(=O)O)c4cc(F)ccc4n3)c(F)c2)c1. The van der Waals surface area contributed by atoms with Gasteiger partial charge in [0.25, 0.3) is 0 Å². The third-order valence-corrected chi connectivity index (χ3v) is 4.78. The standard InChI is InChI=1S/C24H16F3NO3/c1-2-31-16-5-3-4-13(8-16)14-9-19(26)23(20(27)10-14)22-12-18(24(29)30)17-11-15(25)6-7-21(17)28-22/h3-12H,2H2,1H3,(H,29,30). The van der Waals surface area contributed by atoms with E-state index in [1.165, 1.54) is 6.07 Å². The molecule has 0 unspecified atom stereocenters. The van der Waals surface area contributed by atoms with E-state index in [-0.39, 0.29) is 22.2 Å². The lowest BCUT2D eigenvalue weighted by Crippen LogP contribution is -2.02. The van der Waals surface area contributed by atoms with Gasteiger partial charge in [0, 0.05) is 5.39 Å². The van der Waals surface area contributed by atoms with Crippen LogP contribution in [0.5, 0.6) is 5.75 Å². The molecule has 0 aliphatic carbocycles. The number of carboxylic acid groups (broad SMARTS) is 1. The molecule has 0 amide bonds. The average Bonchev–Trinajstić information content (AvgIpc) is 2.73. The second-order valence-electron chi connectivity index (χ2n) is 6.80. The van der Waals surface area contributed by atoms with Gasteiger partial charge in [-0.05, 0) is 66.6 Å². The van der Waals surface area contributed by atoms with Gasteiger partial charge in [0.2, 0.25) is 0 Å². The van der Waals surface area contributed by atoms with Crippen LogP contribution in [-0.4, -0.2) is 22.7 Å². The lowest BCUT2D eigenvalue weighted by Gasteiger charge is -2.11. The van der Waals surface area contributed by atoms with E-state index in [4.69, 9.17) is 4.74 Å². The van der Waals surface area contributed by atoms with Gasteiger partial charge >= 0.3 is 5.97 Å². The molecule has 156 valence electrons. The summed E-state index contributed by atoms with van der Waals surface area (Å²) >= 11 is 0. The Kier molecular flexibility index (Phi) is 5.33. The Labute approximate surface area is 175 Å². The van der Waals surface area contributed by atoms with Crippen molar-refractivity contribution in [1.29, 1.82) is 0 Å². The predicted molar refractivity (Wildman–Crippen MR) is 111 cm³/mol. The van der Waals surface area contributed by atoms with Crippen molar-refractivity contribution in [3.8, 4) is 28.1 Å². The maximum Gasteiger partial charge on any atom is 0.336 e. The molecule has 1 aromatic heterocycles. The molecule has 4 nitrogen and oxygen atoms in total. The molecule has 0 radical (unpaired) electrons. The Morgan fingerprint density at radius 3 is 2.39 bits per heavy atom. The van der Waals surface area contributed by atoms with Crippen LogP contribution in [0.4, 0.5) is 13.2 Å². The van der Waals surface area contributed by atoms with Gasteiger partial charge in [-0.25, -0.2) is 22.9 Å². The van der Waals surface area contributed by atoms with Crippen molar-refractivity contribution in [3.05, 3.63) is 83.7 Å². The third kappa shape index (κ3) is 3.94. The van der Waals surface area contributed by atoms with E-state index in [9.17, 15) is 14.3 Å². The minimum atomic E-state index is -1.36. The fourth-order valence-electron chi connectivity index (χ4n) is 3.42. The Balaban J connectivity index is 1.86. The lowest BCUT2D eigenvalue weighted by atomic mass is 9.99. The summed E-state index contributed by atoms with van der Waals surface area (Å²) in [7, 11) is 0. The van der Waals surface area contributed by atoms with Crippen molar-refractivity contribution in [1.82, 2.24) is 4.98 Å². The zero-order valence-electron chi connectivity index (χ0n) is 16.3. The number of nitrogens with zero attached hydrogens (tertiary/aromatic N) is 1. The largest absolute Gasteiger partial charge is 0.494 e. The van der Waals surface area contributed by atoms with Gasteiger partial charge < -0.3 is 9.84 Å². The molecule has 31 heavy (non-hydrogen) atoms. The summed E-state index contributed by atoms with van der Waals surface area (Å²) in [5.41, 5.74) is 0.0139. The Hall–Kier alpha value is -3.87. The Bertz CT molecular complexity index is 1300. The first-order valence-corrected chi connectivity index (χ1v) is 9.43. The molecular weight excluding hydrogens is 407 g/mol. The molecule has 0 saturated heterocycles. The summed E-state index contributed by atoms with van der Waals surface area (Å²) in [6, 6.07) is 13.6. The summed E-state index contributed by atoms with van der Waals surface area (Å²) in [4.78, 5) is 15.8. The first kappa shape index (κ1) is 20.4. The third-order valence-electron chi connectivity index (χ3n) is 4.78. The fourth-order valence-corrected chi connectivity index (χ4v) is 3.42. The molecule has 0 aliphatic heterocycles. The number of aromatic nitrogens is 1. The number of hydrogen-bond acceptors (Lipinski definition) is 3. The number of carboxylic acids is 1. The Morgan fingerprint density at radius 1 is 0.968 bits per heavy atom. The molecule has 0 fully saturated rings. The summed E-state index contributed by atoms with van der Waals surface area (Å²) in [6.45, 7) is 2.28. The van der Waals surface area contributed by atoms with Crippen molar-refractivity contribution in [2.45, 2.75) is 6.92 Å². The normalized spacial score (nSPS) is 11.0. The zero-order valence-corrected chi connectivity index (χ0v) is 16.3. The number of pyridine rings is 1. The number of rotatable bonds is 5. The lowest BCUT2D eigenvalue weighted by molar-refractivity contribution is 0.0699. The maximum absolute atomic E-state index is 15.0. The van der Waals surface area contributed by atoms with Crippen LogP contribution in [0, 0.1) is 17.5 Å². The van der Waals surface area contributed by atoms with Crippen LogP contribution < -0.4 is 4.74 Å². The monoisotopic (exact) mass is 423 g/mol. The van der Waals surface area contributed by atoms with Gasteiger partial charge in [0.15, 0.2) is 0 Å². The number of ether oxygens (including phenoxy) is 1. The molecule has 4 rings (SSSR count). The zero-order chi connectivity index (χ0) is 22.1. The highest BCUT2D eigenvalue weighted by molar-refractivity contribution is 6.03. The number of hydrogen-bond donors (Lipinski definition) is 1. The number of fused-ring (bicyclic) bond motifs is 1. The predicted octanol–water partition coefficient (Wildman–Crippen LogP) is 6.08. The number of benzene rings is 3. The van der Waals surface area contributed by atoms with Gasteiger partial charge in [0.1, 0.15) is 23.2 Å². The average molecular weight is 423 g/mol. The van der Waals surface area contributed by atoms with E-state index >= 15 is 8.78 Å². The molecule has 0 saturated carbocycles. The van der Waals surface area contributed by atoms with E-state index in [1.807, 2.05) is 6.92 Å². The fraction of sp³-hybridized carbons (Fsp3) is 0.0833. The molecule has 7 heteroatoms. The molecule has 0 atom stereocenters. The summed E-state index contributed by atoms with van der Waals surface area (Å²) in [6.07, 6.45) is 0. The highest BCUT2D eigenvalue weighted by Gasteiger charge is 2.20. The van der Waals surface area contributed by atoms with E-state index < -0.39 is 29.0 Å². The van der Waals surface area contributed by atoms with Crippen LogP contribution in [0.25, 0.3) is 33.3 Å². The molecule has 1 heterocycles. The first-order chi connectivity index (χ1) is 14.9. The topological polar surface area (TPSA) is 59.4 Å². The van der Waals surface area contributed by atoms with Crippen molar-refractivity contribution in [2.24, 2.45) is 0 Å². The second-order valence-corrected chi connectivity index (χ2v) is 6.80. The van der Waals surface area contributed by atoms with Crippen LogP contribution in [0.1, 0.15) is 17.3 Å². The van der Waals surface area contributed by atoms with Crippen molar-refractivity contribution in [3.63, 3.8) is 0 Å². The van der Waals surface area contributed by atoms with E-state index in [0.29, 0.717) is 23.5 Å². The molecule has 3 aromatic carbocycles. The van der Waals surface area contributed by atoms with Crippen LogP contribution in [-0.2, 0) is 0 Å². The molecule has 0 aliphatic rings. The first-order valence-electron chi connectivity index (χ1n) is 9.43. The van der Waals surface area contributed by atoms with Crippen molar-refractivity contribution >= 4 is 16.9 Å². The van der Waals surface area contributed by atoms with Crippen molar-refractivity contribution in [2.75, 3.05) is 6.61 Å². The summed E-state index contributed by atoms with van der Waals surface area (Å²) in [5.74, 6) is -3.23. The quantitative estimate of drug-likeness (QED) is 0.422. The van der Waals surface area contributed by atoms with Crippen LogP contribution >= 0.6 is 0 Å². The van der Waals surface area contributed by atoms with Crippen LogP contribution in [0.15, 0.2) is 60.7 Å². The van der Waals surface area contributed by atoms with Crippen LogP contribution in [0.3, 0.4) is 0 Å². The summed E-state index contributed by atoms with van der Waals surface area (Å²) in [5, 5.41) is 9.54. The van der Waals surface area contributed by atoms with E-state index in [1.54, 1.807) is 24.3 Å². The van der Waals surface area contributed by atoms with Crippen molar-refractivity contribution < 1.29 is 27.8 Å². The highest BCUT2D eigenvalue weighted by Crippen LogP contribution is 2.33. The molecular formula is C24H16F3NO3. The molecule has 4 aromatic rings. The van der Waals surface area contributed by atoms with Gasteiger partial charge in [-0.15, -0.1) is 0 Å². The highest BCUT2D eigenvalue weighted by atomic mass is 19.1. The number of carbonyl (C=O) groups is 1. The minimum absolute atomic E-state index is 0.0430. The second kappa shape index (κ2) is 8.10. The Morgan fingerprint density at radius 2 is 1.71 bits per heavy atom. The van der Waals surface area contributed by atoms with E-state index in [0.717, 1.165) is 30.3 Å². The van der Waals surface area contributed by atoms with Gasteiger partial charge in [-0.2, -0.15) is 0 Å². The maximum atomic E-state index is 15.0. The van der Waals surface area contributed by atoms with Gasteiger partial charge in [0.05, 0.1) is 28.9 Å². The minimum Gasteiger partial charge on any atom is -0.494 e. The van der Waals surface area contributed by atoms with Gasteiger partial charge in [-0.1, -0.05) is 12.1 Å². The molecule has 1 N–H and O–H groups in total. The summed E-state index contributed by atoms with van der Waals surface area (Å²) < 4.78 is 49.0. The van der Waals surface area contributed by atoms with E-state index in [2.05, 4.69) is 4.98 Å². The van der Waals surface area contributed by atoms with Crippen LogP contribution in [0.2, 0.25) is 0 Å². The number of halogens is 3. The van der Waals surface area contributed by atoms with Gasteiger partial charge in [-0.3, -0.25) is 0 Å².